The van der Waals surface area contributed by atoms with E-state index in [1.165, 1.54) is 6.26 Å². The number of carbonyl (C=O) groups excluding carboxylic acids is 1. The third-order valence-corrected chi connectivity index (χ3v) is 6.59. The lowest BCUT2D eigenvalue weighted by atomic mass is 9.95. The van der Waals surface area contributed by atoms with Gasteiger partial charge >= 0.3 is 0 Å². The summed E-state index contributed by atoms with van der Waals surface area (Å²) < 4.78 is 17.2. The zero-order valence-corrected chi connectivity index (χ0v) is 20.1. The number of hydrogen-bond acceptors (Lipinski definition) is 4. The van der Waals surface area contributed by atoms with Crippen molar-refractivity contribution in [3.05, 3.63) is 23.7 Å². The monoisotopic (exact) mass is 524 g/mol. The Labute approximate surface area is 187 Å². The van der Waals surface area contributed by atoms with Crippen LogP contribution in [0.2, 0.25) is 0 Å². The van der Waals surface area contributed by atoms with E-state index in [1.807, 2.05) is 13.8 Å². The topological polar surface area (TPSA) is 95.7 Å². The Hall–Kier alpha value is -1.10. The van der Waals surface area contributed by atoms with Crippen molar-refractivity contribution in [1.29, 1.82) is 0 Å². The van der Waals surface area contributed by atoms with Crippen LogP contribution in [-0.4, -0.2) is 53.3 Å². The molecule has 0 aliphatic heterocycles. The molecule has 3 atom stereocenters. The van der Waals surface area contributed by atoms with Crippen molar-refractivity contribution >= 4 is 46.6 Å². The Bertz CT molecular complexity index is 665. The summed E-state index contributed by atoms with van der Waals surface area (Å²) in [5.74, 6) is 1.68. The first kappa shape index (κ1) is 24.9. The van der Waals surface area contributed by atoms with Gasteiger partial charge in [0.15, 0.2) is 11.7 Å². The number of guanidine groups is 1. The zero-order chi connectivity index (χ0) is 19.6. The molecular formula is C19H33IN4O3S. The van der Waals surface area contributed by atoms with Crippen molar-refractivity contribution in [2.75, 3.05) is 25.9 Å². The van der Waals surface area contributed by atoms with Crippen molar-refractivity contribution in [1.82, 2.24) is 16.0 Å². The standard InChI is InChI=1S/C19H32N4O3S.HI/c1-4-27(25)16-8-5-7-15(13-16)23-19(20-3)22-11-6-10-21-18(24)17-14(2)9-12-26-17;/h9,12,15-16H,4-8,10-11,13H2,1-3H3,(H,21,24)(H2,20,22,23);1H. The van der Waals surface area contributed by atoms with E-state index in [2.05, 4.69) is 20.9 Å². The molecule has 28 heavy (non-hydrogen) atoms. The Morgan fingerprint density at radius 3 is 2.71 bits per heavy atom. The van der Waals surface area contributed by atoms with Gasteiger partial charge in [0.25, 0.3) is 5.91 Å². The number of aryl methyl sites for hydroxylation is 1. The number of halogens is 1. The van der Waals surface area contributed by atoms with Gasteiger partial charge in [0.1, 0.15) is 0 Å². The summed E-state index contributed by atoms with van der Waals surface area (Å²) in [4.78, 5) is 16.2. The molecule has 1 amide bonds. The number of furan rings is 1. The van der Waals surface area contributed by atoms with E-state index in [0.29, 0.717) is 30.1 Å². The van der Waals surface area contributed by atoms with Crippen LogP contribution in [0.1, 0.15) is 55.1 Å². The molecule has 1 saturated carbocycles. The van der Waals surface area contributed by atoms with Gasteiger partial charge in [0.2, 0.25) is 0 Å². The lowest BCUT2D eigenvalue weighted by molar-refractivity contribution is 0.0925. The van der Waals surface area contributed by atoms with Gasteiger partial charge in [-0.3, -0.25) is 14.0 Å². The van der Waals surface area contributed by atoms with Crippen LogP contribution in [-0.2, 0) is 10.8 Å². The van der Waals surface area contributed by atoms with E-state index in [-0.39, 0.29) is 29.9 Å². The van der Waals surface area contributed by atoms with Crippen LogP contribution >= 0.6 is 24.0 Å². The van der Waals surface area contributed by atoms with E-state index in [9.17, 15) is 9.00 Å². The first-order valence-corrected chi connectivity index (χ1v) is 11.1. The summed E-state index contributed by atoms with van der Waals surface area (Å²) in [6, 6.07) is 2.09. The van der Waals surface area contributed by atoms with Gasteiger partial charge in [0, 0.05) is 53.5 Å². The highest BCUT2D eigenvalue weighted by atomic mass is 127. The smallest absolute Gasteiger partial charge is 0.287 e. The number of nitrogens with one attached hydrogen (secondary N) is 3. The summed E-state index contributed by atoms with van der Waals surface area (Å²) in [5, 5.41) is 9.88. The highest BCUT2D eigenvalue weighted by Crippen LogP contribution is 2.22. The number of rotatable bonds is 8. The molecule has 0 radical (unpaired) electrons. The molecule has 9 heteroatoms. The van der Waals surface area contributed by atoms with Gasteiger partial charge in [-0.2, -0.15) is 0 Å². The van der Waals surface area contributed by atoms with Crippen LogP contribution in [0.4, 0.5) is 0 Å². The van der Waals surface area contributed by atoms with Crippen molar-refractivity contribution in [3.63, 3.8) is 0 Å². The summed E-state index contributed by atoms with van der Waals surface area (Å²) in [6.07, 6.45) is 6.46. The van der Waals surface area contributed by atoms with Gasteiger partial charge in [0.05, 0.1) is 6.26 Å². The molecule has 3 unspecified atom stereocenters. The number of carbonyl (C=O) groups is 1. The van der Waals surface area contributed by atoms with Crippen molar-refractivity contribution < 1.29 is 13.4 Å². The van der Waals surface area contributed by atoms with Gasteiger partial charge < -0.3 is 20.4 Å². The fourth-order valence-corrected chi connectivity index (χ4v) is 4.67. The molecule has 160 valence electrons. The molecule has 1 aromatic rings. The molecule has 1 heterocycles. The highest BCUT2D eigenvalue weighted by molar-refractivity contribution is 14.0. The molecule has 0 spiro atoms. The van der Waals surface area contributed by atoms with E-state index in [4.69, 9.17) is 4.42 Å². The minimum absolute atomic E-state index is 0. The fourth-order valence-electron chi connectivity index (χ4n) is 3.32. The second-order valence-electron chi connectivity index (χ2n) is 6.84. The van der Waals surface area contributed by atoms with Gasteiger partial charge in [-0.05, 0) is 38.7 Å². The average molecular weight is 524 g/mol. The summed E-state index contributed by atoms with van der Waals surface area (Å²) in [5.41, 5.74) is 0.838. The van der Waals surface area contributed by atoms with Gasteiger partial charge in [-0.15, -0.1) is 24.0 Å². The highest BCUT2D eigenvalue weighted by Gasteiger charge is 2.25. The number of amides is 1. The second kappa shape index (κ2) is 13.2. The Morgan fingerprint density at radius 2 is 2.07 bits per heavy atom. The first-order valence-electron chi connectivity index (χ1n) is 9.71. The van der Waals surface area contributed by atoms with Crippen molar-refractivity contribution in [2.45, 2.75) is 57.2 Å². The van der Waals surface area contributed by atoms with Gasteiger partial charge in [-0.1, -0.05) is 13.3 Å². The summed E-state index contributed by atoms with van der Waals surface area (Å²) >= 11 is 0. The van der Waals surface area contributed by atoms with E-state index >= 15 is 0 Å². The number of aliphatic imine (C=N–C) groups is 1. The molecule has 1 fully saturated rings. The Kier molecular flexibility index (Phi) is 11.7. The van der Waals surface area contributed by atoms with Crippen molar-refractivity contribution in [2.24, 2.45) is 4.99 Å². The largest absolute Gasteiger partial charge is 0.459 e. The summed E-state index contributed by atoms with van der Waals surface area (Å²) in [6.45, 7) is 5.10. The number of hydrogen-bond donors (Lipinski definition) is 3. The maximum Gasteiger partial charge on any atom is 0.287 e. The molecule has 2 rings (SSSR count). The predicted molar refractivity (Wildman–Crippen MR) is 125 cm³/mol. The third-order valence-electron chi connectivity index (χ3n) is 4.85. The molecule has 0 aromatic carbocycles. The first-order chi connectivity index (χ1) is 13.0. The van der Waals surface area contributed by atoms with Crippen LogP contribution in [0.15, 0.2) is 21.7 Å². The van der Waals surface area contributed by atoms with Crippen LogP contribution in [0, 0.1) is 6.92 Å². The van der Waals surface area contributed by atoms with Gasteiger partial charge in [-0.25, -0.2) is 0 Å². The van der Waals surface area contributed by atoms with Crippen molar-refractivity contribution in [3.8, 4) is 0 Å². The van der Waals surface area contributed by atoms with Crippen LogP contribution < -0.4 is 16.0 Å². The predicted octanol–water partition coefficient (Wildman–Crippen LogP) is 2.57. The fraction of sp³-hybridized carbons (Fsp3) is 0.684. The zero-order valence-electron chi connectivity index (χ0n) is 17.0. The summed E-state index contributed by atoms with van der Waals surface area (Å²) in [7, 11) is 1.03. The quantitative estimate of drug-likeness (QED) is 0.210. The van der Waals surface area contributed by atoms with E-state index < -0.39 is 10.8 Å². The second-order valence-corrected chi connectivity index (χ2v) is 8.85. The number of nitrogens with zero attached hydrogens (tertiary/aromatic N) is 1. The maximum atomic E-state index is 12.1. The SMILES string of the molecule is CCS(=O)C1CCCC(NC(=NC)NCCCNC(=O)c2occc2C)C1.I. The molecule has 1 aliphatic rings. The normalized spacial score (nSPS) is 20.8. The molecule has 1 aliphatic carbocycles. The molecule has 7 nitrogen and oxygen atoms in total. The lowest BCUT2D eigenvalue weighted by Gasteiger charge is -2.30. The molecular weight excluding hydrogens is 491 g/mol. The van der Waals surface area contributed by atoms with E-state index in [1.54, 1.807) is 13.1 Å². The minimum Gasteiger partial charge on any atom is -0.459 e. The molecule has 0 saturated heterocycles. The molecule has 0 bridgehead atoms. The van der Waals surface area contributed by atoms with Crippen LogP contribution in [0.5, 0.6) is 0 Å². The lowest BCUT2D eigenvalue weighted by Crippen LogP contribution is -2.47. The van der Waals surface area contributed by atoms with Crippen LogP contribution in [0.25, 0.3) is 0 Å². The van der Waals surface area contributed by atoms with E-state index in [0.717, 1.165) is 49.4 Å². The Balaban J connectivity index is 0.00000392. The molecule has 3 N–H and O–H groups in total. The average Bonchev–Trinajstić information content (AvgIpc) is 3.12. The van der Waals surface area contributed by atoms with Crippen LogP contribution in [0.3, 0.4) is 0 Å². The maximum absolute atomic E-state index is 12.1. The molecule has 1 aromatic heterocycles. The minimum atomic E-state index is -0.726. The Morgan fingerprint density at radius 1 is 1.32 bits per heavy atom. The third kappa shape index (κ3) is 7.73.